The molecule has 1 N–H and O–H groups in total. The van der Waals surface area contributed by atoms with E-state index in [0.717, 1.165) is 5.56 Å². The highest BCUT2D eigenvalue weighted by atomic mass is 16.6. The number of piperazine rings is 1. The number of non-ortho nitro benzene ring substituents is 1. The van der Waals surface area contributed by atoms with Crippen molar-refractivity contribution in [3.63, 3.8) is 0 Å². The van der Waals surface area contributed by atoms with Crippen LogP contribution in [-0.2, 0) is 9.59 Å². The Morgan fingerprint density at radius 3 is 2.28 bits per heavy atom. The lowest BCUT2D eigenvalue weighted by atomic mass is 10.0. The second-order valence-electron chi connectivity index (χ2n) is 7.86. The zero-order valence-electron chi connectivity index (χ0n) is 17.7. The van der Waals surface area contributed by atoms with Gasteiger partial charge >= 0.3 is 0 Å². The summed E-state index contributed by atoms with van der Waals surface area (Å²) < 4.78 is 0. The van der Waals surface area contributed by atoms with Crippen molar-refractivity contribution in [3.8, 4) is 0 Å². The van der Waals surface area contributed by atoms with Crippen LogP contribution in [0.3, 0.4) is 0 Å². The van der Waals surface area contributed by atoms with Gasteiger partial charge in [0.15, 0.2) is 0 Å². The van der Waals surface area contributed by atoms with Gasteiger partial charge in [0.1, 0.15) is 5.70 Å². The fourth-order valence-corrected chi connectivity index (χ4v) is 4.16. The van der Waals surface area contributed by atoms with E-state index < -0.39 is 16.7 Å². The number of nitro groups is 1. The molecule has 2 heterocycles. The van der Waals surface area contributed by atoms with Gasteiger partial charge in [0.2, 0.25) is 0 Å². The first-order valence-electron chi connectivity index (χ1n) is 10.4. The van der Waals surface area contributed by atoms with E-state index >= 15 is 0 Å². The van der Waals surface area contributed by atoms with E-state index in [9.17, 15) is 24.8 Å². The summed E-state index contributed by atoms with van der Waals surface area (Å²) in [4.78, 5) is 42.8. The van der Waals surface area contributed by atoms with Crippen LogP contribution in [0.1, 0.15) is 11.1 Å². The lowest BCUT2D eigenvalue weighted by Crippen LogP contribution is -2.48. The maximum absolute atomic E-state index is 13.5. The number of aliphatic hydroxyl groups is 1. The van der Waals surface area contributed by atoms with Gasteiger partial charge in [-0.15, -0.1) is 0 Å². The molecular formula is C23H24N4O5. The molecule has 2 aliphatic heterocycles. The molecule has 0 spiro atoms. The molecule has 0 unspecified atom stereocenters. The van der Waals surface area contributed by atoms with E-state index in [0.29, 0.717) is 49.7 Å². The Kier molecular flexibility index (Phi) is 6.02. The first kappa shape index (κ1) is 21.7. The number of benzene rings is 2. The van der Waals surface area contributed by atoms with Gasteiger partial charge in [-0.25, -0.2) is 4.90 Å². The summed E-state index contributed by atoms with van der Waals surface area (Å²) >= 11 is 0. The number of imide groups is 1. The molecule has 0 radical (unpaired) electrons. The fourth-order valence-electron chi connectivity index (χ4n) is 4.16. The van der Waals surface area contributed by atoms with Gasteiger partial charge in [-0.1, -0.05) is 12.1 Å². The quantitative estimate of drug-likeness (QED) is 0.418. The van der Waals surface area contributed by atoms with Gasteiger partial charge in [-0.3, -0.25) is 24.6 Å². The van der Waals surface area contributed by atoms with Crippen molar-refractivity contribution in [1.29, 1.82) is 0 Å². The van der Waals surface area contributed by atoms with Crippen molar-refractivity contribution in [1.82, 2.24) is 9.80 Å². The largest absolute Gasteiger partial charge is 0.395 e. The molecule has 1 saturated heterocycles. The Balaban J connectivity index is 1.75. The minimum Gasteiger partial charge on any atom is -0.395 e. The highest BCUT2D eigenvalue weighted by Crippen LogP contribution is 2.36. The standard InChI is InChI=1S/C23H24N4O5/c1-16-3-2-4-19(15-16)26-22(29)20(17-5-7-18(8-6-17)27(31)32)21(23(26)30)25-11-9-24(10-12-25)13-14-28/h2-8,15,28H,9-14H2,1H3. The SMILES string of the molecule is Cc1cccc(N2C(=O)C(c3ccc([N+](=O)[O-])cc3)=C(N3CCN(CCO)CC3)C2=O)c1. The average Bonchev–Trinajstić information content (AvgIpc) is 3.04. The fraction of sp³-hybridized carbons (Fsp3) is 0.304. The Morgan fingerprint density at radius 1 is 1.00 bits per heavy atom. The summed E-state index contributed by atoms with van der Waals surface area (Å²) in [5.41, 5.74) is 2.37. The molecule has 0 aliphatic carbocycles. The van der Waals surface area contributed by atoms with Crippen LogP contribution >= 0.6 is 0 Å². The number of rotatable bonds is 6. The van der Waals surface area contributed by atoms with Crippen molar-refractivity contribution < 1.29 is 19.6 Å². The molecule has 1 fully saturated rings. The third-order valence-corrected chi connectivity index (χ3v) is 5.79. The summed E-state index contributed by atoms with van der Waals surface area (Å²) in [7, 11) is 0. The Bertz CT molecular complexity index is 1090. The highest BCUT2D eigenvalue weighted by Gasteiger charge is 2.43. The van der Waals surface area contributed by atoms with E-state index in [1.165, 1.54) is 29.2 Å². The topological polar surface area (TPSA) is 107 Å². The maximum atomic E-state index is 13.5. The zero-order valence-corrected chi connectivity index (χ0v) is 17.7. The van der Waals surface area contributed by atoms with Crippen LogP contribution in [0.5, 0.6) is 0 Å². The smallest absolute Gasteiger partial charge is 0.282 e. The second kappa shape index (κ2) is 8.89. The van der Waals surface area contributed by atoms with Crippen LogP contribution in [0.25, 0.3) is 5.57 Å². The van der Waals surface area contributed by atoms with Gasteiger partial charge in [0.05, 0.1) is 22.8 Å². The predicted octanol–water partition coefficient (Wildman–Crippen LogP) is 1.80. The van der Waals surface area contributed by atoms with E-state index in [2.05, 4.69) is 4.90 Å². The first-order valence-corrected chi connectivity index (χ1v) is 10.4. The number of hydrogen-bond acceptors (Lipinski definition) is 7. The van der Waals surface area contributed by atoms with Crippen molar-refractivity contribution in [2.45, 2.75) is 6.92 Å². The summed E-state index contributed by atoms with van der Waals surface area (Å²) in [5.74, 6) is -0.841. The molecule has 2 aromatic carbocycles. The molecule has 9 heteroatoms. The lowest BCUT2D eigenvalue weighted by Gasteiger charge is -2.36. The van der Waals surface area contributed by atoms with Crippen LogP contribution in [0.4, 0.5) is 11.4 Å². The van der Waals surface area contributed by atoms with E-state index in [1.54, 1.807) is 18.2 Å². The molecule has 0 atom stereocenters. The number of nitro benzene ring substituents is 1. The summed E-state index contributed by atoms with van der Waals surface area (Å²) in [5, 5.41) is 20.2. The van der Waals surface area contributed by atoms with Crippen LogP contribution in [0.2, 0.25) is 0 Å². The normalized spacial score (nSPS) is 17.4. The maximum Gasteiger partial charge on any atom is 0.282 e. The number of hydrogen-bond donors (Lipinski definition) is 1. The van der Waals surface area contributed by atoms with Crippen LogP contribution in [0, 0.1) is 17.0 Å². The van der Waals surface area contributed by atoms with Crippen LogP contribution < -0.4 is 4.90 Å². The van der Waals surface area contributed by atoms with Crippen molar-refractivity contribution in [3.05, 3.63) is 75.5 Å². The third-order valence-electron chi connectivity index (χ3n) is 5.79. The lowest BCUT2D eigenvalue weighted by molar-refractivity contribution is -0.384. The Morgan fingerprint density at radius 2 is 1.69 bits per heavy atom. The molecule has 0 aromatic heterocycles. The molecule has 2 amide bonds. The number of aliphatic hydroxyl groups excluding tert-OH is 1. The monoisotopic (exact) mass is 436 g/mol. The molecule has 9 nitrogen and oxygen atoms in total. The van der Waals surface area contributed by atoms with E-state index in [4.69, 9.17) is 0 Å². The zero-order chi connectivity index (χ0) is 22.8. The Labute approximate surface area is 185 Å². The van der Waals surface area contributed by atoms with Crippen LogP contribution in [-0.4, -0.2) is 71.0 Å². The van der Waals surface area contributed by atoms with Gasteiger partial charge in [-0.05, 0) is 42.3 Å². The number of β-amino-alcohol motifs (C(OH)–C–C–N with tert-alkyl or cyclic N) is 1. The van der Waals surface area contributed by atoms with Gasteiger partial charge in [-0.2, -0.15) is 0 Å². The molecular weight excluding hydrogens is 412 g/mol. The molecule has 32 heavy (non-hydrogen) atoms. The molecule has 0 saturated carbocycles. The van der Waals surface area contributed by atoms with Gasteiger partial charge < -0.3 is 10.0 Å². The summed E-state index contributed by atoms with van der Waals surface area (Å²) in [6.07, 6.45) is 0. The predicted molar refractivity (Wildman–Crippen MR) is 119 cm³/mol. The minimum absolute atomic E-state index is 0.0648. The first-order chi connectivity index (χ1) is 15.4. The third kappa shape index (κ3) is 4.00. The number of nitrogens with zero attached hydrogens (tertiary/aromatic N) is 4. The number of aryl methyl sites for hydroxylation is 1. The molecule has 4 rings (SSSR count). The van der Waals surface area contributed by atoms with Crippen molar-refractivity contribution >= 4 is 28.8 Å². The van der Waals surface area contributed by atoms with Crippen LogP contribution in [0.15, 0.2) is 54.2 Å². The van der Waals surface area contributed by atoms with Gasteiger partial charge in [0, 0.05) is 44.9 Å². The van der Waals surface area contributed by atoms with Crippen molar-refractivity contribution in [2.75, 3.05) is 44.2 Å². The molecule has 166 valence electrons. The highest BCUT2D eigenvalue weighted by molar-refractivity contribution is 6.45. The molecule has 2 aliphatic rings. The number of carbonyl (C=O) groups excluding carboxylic acids is 2. The summed E-state index contributed by atoms with van der Waals surface area (Å²) in [6, 6.07) is 12.9. The van der Waals surface area contributed by atoms with Gasteiger partial charge in [0.25, 0.3) is 17.5 Å². The minimum atomic E-state index is -0.500. The summed E-state index contributed by atoms with van der Waals surface area (Å²) in [6.45, 7) is 4.90. The average molecular weight is 436 g/mol. The van der Waals surface area contributed by atoms with E-state index in [1.807, 2.05) is 17.9 Å². The number of amides is 2. The van der Waals surface area contributed by atoms with E-state index in [-0.39, 0.29) is 17.9 Å². The van der Waals surface area contributed by atoms with Crippen molar-refractivity contribution in [2.24, 2.45) is 0 Å². The molecule has 0 bridgehead atoms. The molecule has 2 aromatic rings. The second-order valence-corrected chi connectivity index (χ2v) is 7.86. The number of carbonyl (C=O) groups is 2. The Hall–Kier alpha value is -3.56. The number of anilines is 1.